The number of imidazole rings is 2. The van der Waals surface area contributed by atoms with Gasteiger partial charge in [0.1, 0.15) is 5.69 Å². The summed E-state index contributed by atoms with van der Waals surface area (Å²) in [6.07, 6.45) is 4.56. The van der Waals surface area contributed by atoms with E-state index in [1.165, 1.54) is 0 Å². The fourth-order valence-electron chi connectivity index (χ4n) is 1.67. The molecule has 0 fully saturated rings. The number of nitrogens with zero attached hydrogens (tertiary/aromatic N) is 3. The van der Waals surface area contributed by atoms with E-state index in [4.69, 9.17) is 4.74 Å². The van der Waals surface area contributed by atoms with Gasteiger partial charge in [-0.25, -0.2) is 9.78 Å². The quantitative estimate of drug-likeness (QED) is 0.736. The monoisotopic (exact) mass is 221 g/mol. The predicted octanol–water partition coefficient (Wildman–Crippen LogP) is 1.41. The smallest absolute Gasteiger partial charge is 0.356 e. The van der Waals surface area contributed by atoms with Crippen molar-refractivity contribution < 1.29 is 9.53 Å². The van der Waals surface area contributed by atoms with Gasteiger partial charge in [0.2, 0.25) is 5.78 Å². The first kappa shape index (κ1) is 10.7. The molecule has 0 saturated heterocycles. The zero-order valence-electron chi connectivity index (χ0n) is 9.73. The molecule has 16 heavy (non-hydrogen) atoms. The standard InChI is InChI=1S/C11H15N3O2/c1-4-8-6-14-7-9(10(15)16-5-2)13(3)11(14)12-8/h6-7H,4-5H2,1-3H3. The van der Waals surface area contributed by atoms with Crippen LogP contribution >= 0.6 is 0 Å². The molecule has 0 aliphatic carbocycles. The number of aryl methyl sites for hydroxylation is 2. The highest BCUT2D eigenvalue weighted by molar-refractivity contribution is 5.88. The summed E-state index contributed by atoms with van der Waals surface area (Å²) in [6, 6.07) is 0. The van der Waals surface area contributed by atoms with E-state index in [1.54, 1.807) is 17.7 Å². The van der Waals surface area contributed by atoms with Gasteiger partial charge in [-0.15, -0.1) is 0 Å². The van der Waals surface area contributed by atoms with Crippen molar-refractivity contribution in [3.63, 3.8) is 0 Å². The molecule has 5 heteroatoms. The Labute approximate surface area is 93.7 Å². The Hall–Kier alpha value is -1.78. The number of fused-ring (bicyclic) bond motifs is 1. The van der Waals surface area contributed by atoms with Crippen LogP contribution in [0.5, 0.6) is 0 Å². The maximum atomic E-state index is 11.6. The van der Waals surface area contributed by atoms with Crippen LogP contribution in [0.1, 0.15) is 30.0 Å². The number of aromatic nitrogens is 3. The summed E-state index contributed by atoms with van der Waals surface area (Å²) >= 11 is 0. The summed E-state index contributed by atoms with van der Waals surface area (Å²) in [5.41, 5.74) is 1.54. The molecule has 0 amide bonds. The van der Waals surface area contributed by atoms with Gasteiger partial charge in [0.05, 0.1) is 12.3 Å². The second kappa shape index (κ2) is 4.00. The van der Waals surface area contributed by atoms with Crippen molar-refractivity contribution in [1.82, 2.24) is 14.0 Å². The fraction of sp³-hybridized carbons (Fsp3) is 0.455. The third kappa shape index (κ3) is 1.58. The van der Waals surface area contributed by atoms with Crippen LogP contribution in [-0.4, -0.2) is 26.5 Å². The zero-order valence-corrected chi connectivity index (χ0v) is 9.73. The molecule has 0 aromatic carbocycles. The number of rotatable bonds is 3. The van der Waals surface area contributed by atoms with E-state index in [-0.39, 0.29) is 5.97 Å². The van der Waals surface area contributed by atoms with E-state index in [1.807, 2.05) is 24.6 Å². The Balaban J connectivity index is 2.45. The van der Waals surface area contributed by atoms with E-state index in [9.17, 15) is 4.79 Å². The third-order valence-electron chi connectivity index (χ3n) is 2.53. The molecule has 2 heterocycles. The molecule has 0 spiro atoms. The molecule has 2 rings (SSSR count). The van der Waals surface area contributed by atoms with Crippen molar-refractivity contribution in [3.05, 3.63) is 23.8 Å². The van der Waals surface area contributed by atoms with Crippen molar-refractivity contribution in [3.8, 4) is 0 Å². The van der Waals surface area contributed by atoms with Crippen LogP contribution in [0.4, 0.5) is 0 Å². The van der Waals surface area contributed by atoms with E-state index in [2.05, 4.69) is 4.98 Å². The Morgan fingerprint density at radius 3 is 2.75 bits per heavy atom. The molecular weight excluding hydrogens is 206 g/mol. The van der Waals surface area contributed by atoms with Crippen molar-refractivity contribution >= 4 is 11.7 Å². The zero-order chi connectivity index (χ0) is 11.7. The summed E-state index contributed by atoms with van der Waals surface area (Å²) in [6.45, 7) is 4.22. The summed E-state index contributed by atoms with van der Waals surface area (Å²) in [5, 5.41) is 0. The molecule has 86 valence electrons. The summed E-state index contributed by atoms with van der Waals surface area (Å²) in [5.74, 6) is 0.452. The topological polar surface area (TPSA) is 48.5 Å². The first-order chi connectivity index (χ1) is 7.67. The van der Waals surface area contributed by atoms with Gasteiger partial charge in [0, 0.05) is 19.4 Å². The highest BCUT2D eigenvalue weighted by atomic mass is 16.5. The number of carbonyl (C=O) groups is 1. The van der Waals surface area contributed by atoms with Gasteiger partial charge in [0.25, 0.3) is 0 Å². The van der Waals surface area contributed by atoms with E-state index in [0.717, 1.165) is 17.9 Å². The Morgan fingerprint density at radius 2 is 2.19 bits per heavy atom. The molecule has 0 atom stereocenters. The second-order valence-electron chi connectivity index (χ2n) is 3.59. The minimum absolute atomic E-state index is 0.312. The molecule has 0 aliphatic heterocycles. The molecule has 0 saturated carbocycles. The number of hydrogen-bond donors (Lipinski definition) is 0. The van der Waals surface area contributed by atoms with E-state index < -0.39 is 0 Å². The van der Waals surface area contributed by atoms with Gasteiger partial charge < -0.3 is 9.30 Å². The molecule has 2 aromatic heterocycles. The molecule has 0 N–H and O–H groups in total. The summed E-state index contributed by atoms with van der Waals surface area (Å²) < 4.78 is 8.56. The summed E-state index contributed by atoms with van der Waals surface area (Å²) in [4.78, 5) is 16.0. The maximum Gasteiger partial charge on any atom is 0.356 e. The Bertz CT molecular complexity index is 525. The Morgan fingerprint density at radius 1 is 1.44 bits per heavy atom. The van der Waals surface area contributed by atoms with E-state index >= 15 is 0 Å². The lowest BCUT2D eigenvalue weighted by atomic mass is 10.4. The second-order valence-corrected chi connectivity index (χ2v) is 3.59. The molecule has 0 unspecified atom stereocenters. The van der Waals surface area contributed by atoms with Gasteiger partial charge in [-0.1, -0.05) is 6.92 Å². The molecule has 2 aromatic rings. The minimum atomic E-state index is -0.312. The highest BCUT2D eigenvalue weighted by Crippen LogP contribution is 2.11. The lowest BCUT2D eigenvalue weighted by molar-refractivity contribution is 0.0515. The van der Waals surface area contributed by atoms with Gasteiger partial charge in [-0.05, 0) is 13.3 Å². The van der Waals surface area contributed by atoms with Crippen molar-refractivity contribution in [2.75, 3.05) is 6.61 Å². The number of hydrogen-bond acceptors (Lipinski definition) is 3. The van der Waals surface area contributed by atoms with E-state index in [0.29, 0.717) is 12.3 Å². The van der Waals surface area contributed by atoms with Crippen LogP contribution < -0.4 is 0 Å². The van der Waals surface area contributed by atoms with Crippen molar-refractivity contribution in [1.29, 1.82) is 0 Å². The largest absolute Gasteiger partial charge is 0.461 e. The Kier molecular flexibility index (Phi) is 2.68. The first-order valence-electron chi connectivity index (χ1n) is 5.37. The molecular formula is C11H15N3O2. The van der Waals surface area contributed by atoms with Crippen molar-refractivity contribution in [2.45, 2.75) is 20.3 Å². The lowest BCUT2D eigenvalue weighted by Gasteiger charge is -2.01. The summed E-state index contributed by atoms with van der Waals surface area (Å²) in [7, 11) is 1.81. The van der Waals surface area contributed by atoms with Gasteiger partial charge in [-0.3, -0.25) is 4.40 Å². The van der Waals surface area contributed by atoms with Crippen LogP contribution in [0, 0.1) is 0 Å². The number of carbonyl (C=O) groups excluding carboxylic acids is 1. The highest BCUT2D eigenvalue weighted by Gasteiger charge is 2.15. The predicted molar refractivity (Wildman–Crippen MR) is 59.5 cm³/mol. The molecule has 0 bridgehead atoms. The molecule has 0 radical (unpaired) electrons. The van der Waals surface area contributed by atoms with Crippen molar-refractivity contribution in [2.24, 2.45) is 7.05 Å². The van der Waals surface area contributed by atoms with Crippen LogP contribution in [0.2, 0.25) is 0 Å². The first-order valence-corrected chi connectivity index (χ1v) is 5.37. The maximum absolute atomic E-state index is 11.6. The fourth-order valence-corrected chi connectivity index (χ4v) is 1.67. The minimum Gasteiger partial charge on any atom is -0.461 e. The van der Waals surface area contributed by atoms with Crippen LogP contribution in [0.15, 0.2) is 12.4 Å². The average molecular weight is 221 g/mol. The normalized spacial score (nSPS) is 10.9. The SMILES string of the molecule is CCOC(=O)c1cn2cc(CC)nc2n1C. The average Bonchev–Trinajstić information content (AvgIpc) is 2.79. The molecule has 0 aliphatic rings. The third-order valence-corrected chi connectivity index (χ3v) is 2.53. The van der Waals surface area contributed by atoms with Gasteiger partial charge >= 0.3 is 5.97 Å². The number of esters is 1. The molecule has 5 nitrogen and oxygen atoms in total. The lowest BCUT2D eigenvalue weighted by Crippen LogP contribution is -2.09. The van der Waals surface area contributed by atoms with Gasteiger partial charge in [0.15, 0.2) is 0 Å². The van der Waals surface area contributed by atoms with Gasteiger partial charge in [-0.2, -0.15) is 0 Å². The van der Waals surface area contributed by atoms with Crippen LogP contribution in [0.25, 0.3) is 5.78 Å². The van der Waals surface area contributed by atoms with Crippen LogP contribution in [0.3, 0.4) is 0 Å². The van der Waals surface area contributed by atoms with Crippen LogP contribution in [-0.2, 0) is 18.2 Å². The number of ether oxygens (including phenoxy) is 1.